The van der Waals surface area contributed by atoms with E-state index in [1.54, 1.807) is 43.3 Å². The number of rotatable bonds is 5. The average molecular weight is 538 g/mol. The second kappa shape index (κ2) is 9.35. The first-order valence-corrected chi connectivity index (χ1v) is 11.0. The average Bonchev–Trinajstić information content (AvgIpc) is 2.78. The van der Waals surface area contributed by atoms with Gasteiger partial charge in [-0.05, 0) is 71.0 Å². The highest BCUT2D eigenvalue weighted by Gasteiger charge is 2.37. The van der Waals surface area contributed by atoms with Gasteiger partial charge in [-0.3, -0.25) is 14.9 Å². The third-order valence-electron chi connectivity index (χ3n) is 4.98. The predicted octanol–water partition coefficient (Wildman–Crippen LogP) is 4.85. The summed E-state index contributed by atoms with van der Waals surface area (Å²) < 4.78 is 7.09. The van der Waals surface area contributed by atoms with Gasteiger partial charge in [0.2, 0.25) is 0 Å². The van der Waals surface area contributed by atoms with Gasteiger partial charge >= 0.3 is 6.03 Å². The molecule has 0 aromatic heterocycles. The molecule has 0 spiro atoms. The molecule has 0 bridgehead atoms. The second-order valence-corrected chi connectivity index (χ2v) is 8.44. The van der Waals surface area contributed by atoms with Crippen LogP contribution in [-0.4, -0.2) is 17.8 Å². The molecule has 3 aromatic carbocycles. The largest absolute Gasteiger partial charge is 0.488 e. The number of hydrogen-bond acceptors (Lipinski definition) is 4. The standard InChI is InChI=1S/C25H19IN2O4/c1-16-6-2-4-8-21(16)28-24(30)20(23(29)27-25(28)31)14-18-7-3-5-9-22(18)32-15-17-10-12-19(26)13-11-17/h2-14H,15H2,1H3,(H,27,29,31)/b20-14+. The number of amides is 4. The smallest absolute Gasteiger partial charge is 0.335 e. The van der Waals surface area contributed by atoms with Crippen LogP contribution in [0.25, 0.3) is 6.08 Å². The SMILES string of the molecule is Cc1ccccc1N1C(=O)NC(=O)/C(=C\c2ccccc2OCc2ccc(I)cc2)C1=O. The lowest BCUT2D eigenvalue weighted by atomic mass is 10.1. The molecule has 4 amide bonds. The zero-order chi connectivity index (χ0) is 22.7. The van der Waals surface area contributed by atoms with Crippen molar-refractivity contribution in [2.45, 2.75) is 13.5 Å². The van der Waals surface area contributed by atoms with E-state index < -0.39 is 17.8 Å². The number of aryl methyl sites for hydroxylation is 1. The van der Waals surface area contributed by atoms with E-state index in [9.17, 15) is 14.4 Å². The quantitative estimate of drug-likeness (QED) is 0.287. The molecule has 1 fully saturated rings. The minimum atomic E-state index is -0.769. The number of para-hydroxylation sites is 2. The molecule has 0 atom stereocenters. The van der Waals surface area contributed by atoms with Gasteiger partial charge in [0, 0.05) is 9.13 Å². The number of barbiturate groups is 1. The Labute approximate surface area is 199 Å². The first kappa shape index (κ1) is 21.8. The van der Waals surface area contributed by atoms with Crippen LogP contribution in [0.2, 0.25) is 0 Å². The lowest BCUT2D eigenvalue weighted by Crippen LogP contribution is -2.54. The summed E-state index contributed by atoms with van der Waals surface area (Å²) in [7, 11) is 0. The Bertz CT molecular complexity index is 1230. The topological polar surface area (TPSA) is 75.7 Å². The summed E-state index contributed by atoms with van der Waals surface area (Å²) in [5, 5.41) is 2.26. The van der Waals surface area contributed by atoms with Crippen molar-refractivity contribution in [3.8, 4) is 5.75 Å². The summed E-state index contributed by atoms with van der Waals surface area (Å²) in [6, 6.07) is 21.3. The van der Waals surface area contributed by atoms with Crippen molar-refractivity contribution in [2.75, 3.05) is 4.90 Å². The van der Waals surface area contributed by atoms with E-state index >= 15 is 0 Å². The van der Waals surface area contributed by atoms with E-state index in [-0.39, 0.29) is 5.57 Å². The third kappa shape index (κ3) is 4.57. The van der Waals surface area contributed by atoms with Crippen molar-refractivity contribution in [3.05, 3.63) is 98.6 Å². The van der Waals surface area contributed by atoms with Crippen LogP contribution in [0.1, 0.15) is 16.7 Å². The molecule has 1 saturated heterocycles. The van der Waals surface area contributed by atoms with Gasteiger partial charge in [-0.15, -0.1) is 0 Å². The number of benzene rings is 3. The molecule has 1 heterocycles. The van der Waals surface area contributed by atoms with E-state index in [2.05, 4.69) is 27.9 Å². The van der Waals surface area contributed by atoms with Crippen molar-refractivity contribution in [1.82, 2.24) is 5.32 Å². The van der Waals surface area contributed by atoms with Crippen LogP contribution in [0.3, 0.4) is 0 Å². The summed E-state index contributed by atoms with van der Waals surface area (Å²) in [6.07, 6.45) is 1.46. The monoisotopic (exact) mass is 538 g/mol. The fourth-order valence-electron chi connectivity index (χ4n) is 3.32. The zero-order valence-electron chi connectivity index (χ0n) is 17.2. The fourth-order valence-corrected chi connectivity index (χ4v) is 3.68. The maximum Gasteiger partial charge on any atom is 0.335 e. The number of halogens is 1. The molecule has 1 aliphatic rings. The summed E-state index contributed by atoms with van der Waals surface area (Å²) in [5.74, 6) is -0.892. The lowest BCUT2D eigenvalue weighted by molar-refractivity contribution is -0.122. The highest BCUT2D eigenvalue weighted by molar-refractivity contribution is 14.1. The maximum absolute atomic E-state index is 13.2. The summed E-state index contributed by atoms with van der Waals surface area (Å²) >= 11 is 2.24. The van der Waals surface area contributed by atoms with E-state index in [0.717, 1.165) is 19.6 Å². The van der Waals surface area contributed by atoms with Crippen LogP contribution >= 0.6 is 22.6 Å². The minimum absolute atomic E-state index is 0.141. The molecule has 160 valence electrons. The number of hydrogen-bond donors (Lipinski definition) is 1. The summed E-state index contributed by atoms with van der Waals surface area (Å²) in [6.45, 7) is 2.13. The van der Waals surface area contributed by atoms with Crippen LogP contribution in [0.15, 0.2) is 78.4 Å². The Morgan fingerprint density at radius 2 is 1.62 bits per heavy atom. The number of nitrogens with zero attached hydrogens (tertiary/aromatic N) is 1. The Morgan fingerprint density at radius 3 is 2.38 bits per heavy atom. The van der Waals surface area contributed by atoms with Crippen molar-refractivity contribution >= 4 is 52.2 Å². The Morgan fingerprint density at radius 1 is 0.938 bits per heavy atom. The van der Waals surface area contributed by atoms with Crippen LogP contribution < -0.4 is 15.0 Å². The molecular formula is C25H19IN2O4. The predicted molar refractivity (Wildman–Crippen MR) is 130 cm³/mol. The molecule has 1 N–H and O–H groups in total. The normalized spacial score (nSPS) is 15.1. The molecule has 32 heavy (non-hydrogen) atoms. The molecular weight excluding hydrogens is 519 g/mol. The molecule has 7 heteroatoms. The van der Waals surface area contributed by atoms with Gasteiger partial charge in [0.25, 0.3) is 11.8 Å². The first-order chi connectivity index (χ1) is 15.4. The Kier molecular flexibility index (Phi) is 6.36. The van der Waals surface area contributed by atoms with Crippen molar-refractivity contribution < 1.29 is 19.1 Å². The van der Waals surface area contributed by atoms with Gasteiger partial charge in [-0.2, -0.15) is 0 Å². The van der Waals surface area contributed by atoms with Gasteiger partial charge in [0.15, 0.2) is 0 Å². The third-order valence-corrected chi connectivity index (χ3v) is 5.70. The van der Waals surface area contributed by atoms with Crippen molar-refractivity contribution in [2.24, 2.45) is 0 Å². The van der Waals surface area contributed by atoms with Crippen LogP contribution in [0.4, 0.5) is 10.5 Å². The molecule has 6 nitrogen and oxygen atoms in total. The molecule has 0 radical (unpaired) electrons. The van der Waals surface area contributed by atoms with E-state index in [1.165, 1.54) is 6.08 Å². The van der Waals surface area contributed by atoms with Gasteiger partial charge in [0.1, 0.15) is 17.9 Å². The Hall–Kier alpha value is -3.46. The van der Waals surface area contributed by atoms with Gasteiger partial charge < -0.3 is 4.74 Å². The second-order valence-electron chi connectivity index (χ2n) is 7.20. The van der Waals surface area contributed by atoms with E-state index in [1.807, 2.05) is 36.4 Å². The number of nitrogens with one attached hydrogen (secondary N) is 1. The molecule has 4 rings (SSSR count). The Balaban J connectivity index is 1.64. The minimum Gasteiger partial charge on any atom is -0.488 e. The molecule has 1 aliphatic heterocycles. The number of anilines is 1. The van der Waals surface area contributed by atoms with Crippen LogP contribution in [0.5, 0.6) is 5.75 Å². The summed E-state index contributed by atoms with van der Waals surface area (Å²) in [5.41, 5.74) is 2.59. The van der Waals surface area contributed by atoms with Crippen LogP contribution in [0, 0.1) is 10.5 Å². The highest BCUT2D eigenvalue weighted by Crippen LogP contribution is 2.27. The van der Waals surface area contributed by atoms with Gasteiger partial charge in [-0.1, -0.05) is 48.5 Å². The maximum atomic E-state index is 13.2. The van der Waals surface area contributed by atoms with Gasteiger partial charge in [0.05, 0.1) is 5.69 Å². The number of carbonyl (C=O) groups excluding carboxylic acids is 3. The molecule has 0 unspecified atom stereocenters. The molecule has 0 aliphatic carbocycles. The van der Waals surface area contributed by atoms with Crippen molar-refractivity contribution in [3.63, 3.8) is 0 Å². The lowest BCUT2D eigenvalue weighted by Gasteiger charge is -2.27. The summed E-state index contributed by atoms with van der Waals surface area (Å²) in [4.78, 5) is 39.1. The number of urea groups is 1. The molecule has 3 aromatic rings. The fraction of sp³-hybridized carbons (Fsp3) is 0.0800. The van der Waals surface area contributed by atoms with Crippen molar-refractivity contribution in [1.29, 1.82) is 0 Å². The highest BCUT2D eigenvalue weighted by atomic mass is 127. The number of carbonyl (C=O) groups is 3. The van der Waals surface area contributed by atoms with Gasteiger partial charge in [-0.25, -0.2) is 9.69 Å². The van der Waals surface area contributed by atoms with E-state index in [0.29, 0.717) is 23.6 Å². The first-order valence-electron chi connectivity index (χ1n) is 9.87. The molecule has 0 saturated carbocycles. The number of imide groups is 2. The number of ether oxygens (including phenoxy) is 1. The van der Waals surface area contributed by atoms with Crippen LogP contribution in [-0.2, 0) is 16.2 Å². The zero-order valence-corrected chi connectivity index (χ0v) is 19.3. The van der Waals surface area contributed by atoms with E-state index in [4.69, 9.17) is 4.74 Å².